The Morgan fingerprint density at radius 1 is 1.21 bits per heavy atom. The number of benzene rings is 1. The fraction of sp³-hybridized carbons (Fsp3) is 0.0833. The fourth-order valence-electron chi connectivity index (χ4n) is 1.85. The first kappa shape index (κ1) is 12.8. The van der Waals surface area contributed by atoms with Crippen molar-refractivity contribution in [3.8, 4) is 5.69 Å². The second-order valence-electron chi connectivity index (χ2n) is 4.03. The first-order valence-electron chi connectivity index (χ1n) is 5.39. The lowest BCUT2D eigenvalue weighted by molar-refractivity contribution is 0.881. The maximum Gasteiger partial charge on any atom is 0.225 e. The second kappa shape index (κ2) is 4.74. The van der Waals surface area contributed by atoms with Gasteiger partial charge < -0.3 is 0 Å². The Labute approximate surface area is 127 Å². The highest BCUT2D eigenvalue weighted by atomic mass is 79.9. The van der Waals surface area contributed by atoms with Gasteiger partial charge in [0.2, 0.25) is 5.28 Å². The zero-order valence-electron chi connectivity index (χ0n) is 9.73. The third-order valence-corrected chi connectivity index (χ3v) is 3.66. The van der Waals surface area contributed by atoms with Crippen molar-refractivity contribution >= 4 is 50.2 Å². The molecule has 0 N–H and O–H groups in total. The summed E-state index contributed by atoms with van der Waals surface area (Å²) in [6.45, 7) is 2.01. The zero-order valence-corrected chi connectivity index (χ0v) is 12.8. The van der Waals surface area contributed by atoms with Crippen LogP contribution in [0.1, 0.15) is 5.56 Å². The molecule has 0 aliphatic rings. The molecule has 0 radical (unpaired) electrons. The van der Waals surface area contributed by atoms with Crippen LogP contribution < -0.4 is 0 Å². The van der Waals surface area contributed by atoms with Gasteiger partial charge in [-0.1, -0.05) is 27.5 Å². The number of hydrogen-bond acceptors (Lipinski definition) is 3. The largest absolute Gasteiger partial charge is 0.238 e. The number of halogens is 3. The van der Waals surface area contributed by atoms with E-state index in [-0.39, 0.29) is 5.28 Å². The molecule has 2 aromatic heterocycles. The quantitative estimate of drug-likeness (QED) is 0.484. The Morgan fingerprint density at radius 3 is 2.74 bits per heavy atom. The second-order valence-corrected chi connectivity index (χ2v) is 5.64. The summed E-state index contributed by atoms with van der Waals surface area (Å²) in [7, 11) is 0. The lowest BCUT2D eigenvalue weighted by atomic mass is 10.2. The number of aryl methyl sites for hydroxylation is 1. The molecule has 0 amide bonds. The maximum atomic E-state index is 6.03. The van der Waals surface area contributed by atoms with Gasteiger partial charge in [-0.15, -0.1) is 5.10 Å². The van der Waals surface area contributed by atoms with Gasteiger partial charge in [0, 0.05) is 10.7 Å². The van der Waals surface area contributed by atoms with Crippen LogP contribution >= 0.6 is 39.1 Å². The van der Waals surface area contributed by atoms with Gasteiger partial charge in [-0.05, 0) is 42.3 Å². The average molecular weight is 358 g/mol. The minimum absolute atomic E-state index is 0.0929. The molecule has 2 heterocycles. The van der Waals surface area contributed by atoms with Crippen molar-refractivity contribution in [2.75, 3.05) is 0 Å². The molecule has 3 aromatic rings. The van der Waals surface area contributed by atoms with E-state index in [1.807, 2.05) is 25.1 Å². The van der Waals surface area contributed by atoms with E-state index in [1.165, 1.54) is 0 Å². The van der Waals surface area contributed by atoms with E-state index in [2.05, 4.69) is 31.0 Å². The third kappa shape index (κ3) is 2.33. The number of fused-ring (bicyclic) bond motifs is 1. The predicted molar refractivity (Wildman–Crippen MR) is 79.1 cm³/mol. The van der Waals surface area contributed by atoms with E-state index in [0.29, 0.717) is 16.2 Å². The molecule has 1 aromatic carbocycles. The van der Waals surface area contributed by atoms with Crippen molar-refractivity contribution in [3.05, 3.63) is 44.9 Å². The summed E-state index contributed by atoms with van der Waals surface area (Å²) in [4.78, 5) is 7.96. The summed E-state index contributed by atoms with van der Waals surface area (Å²) >= 11 is 15.2. The predicted octanol–water partition coefficient (Wildman–Crippen LogP) is 4.19. The van der Waals surface area contributed by atoms with Gasteiger partial charge >= 0.3 is 0 Å². The number of aromatic nitrogens is 4. The first-order valence-corrected chi connectivity index (χ1v) is 6.94. The van der Waals surface area contributed by atoms with Crippen LogP contribution in [0.2, 0.25) is 10.4 Å². The summed E-state index contributed by atoms with van der Waals surface area (Å²) in [6, 6.07) is 5.94. The topological polar surface area (TPSA) is 43.6 Å². The minimum atomic E-state index is 0.0929. The molecule has 19 heavy (non-hydrogen) atoms. The monoisotopic (exact) mass is 356 g/mol. The zero-order chi connectivity index (χ0) is 13.6. The number of rotatable bonds is 1. The van der Waals surface area contributed by atoms with Crippen LogP contribution in [0.3, 0.4) is 0 Å². The van der Waals surface area contributed by atoms with Gasteiger partial charge in [0.1, 0.15) is 5.15 Å². The molecule has 4 nitrogen and oxygen atoms in total. The molecule has 0 aliphatic carbocycles. The molecule has 7 heteroatoms. The van der Waals surface area contributed by atoms with Crippen molar-refractivity contribution in [2.24, 2.45) is 0 Å². The Kier molecular flexibility index (Phi) is 3.20. The Hall–Kier alpha value is -1.17. The molecule has 0 saturated heterocycles. The highest BCUT2D eigenvalue weighted by Gasteiger charge is 2.11. The van der Waals surface area contributed by atoms with Crippen molar-refractivity contribution in [3.63, 3.8) is 0 Å². The third-order valence-electron chi connectivity index (χ3n) is 2.71. The smallest absolute Gasteiger partial charge is 0.225 e. The molecular formula is C12H7BrCl2N4. The maximum absolute atomic E-state index is 6.03. The van der Waals surface area contributed by atoms with E-state index in [4.69, 9.17) is 23.2 Å². The molecule has 0 unspecified atom stereocenters. The van der Waals surface area contributed by atoms with Crippen LogP contribution in [0, 0.1) is 6.92 Å². The van der Waals surface area contributed by atoms with Crippen molar-refractivity contribution in [1.82, 2.24) is 19.7 Å². The summed E-state index contributed by atoms with van der Waals surface area (Å²) in [5, 5.41) is 5.45. The van der Waals surface area contributed by atoms with Crippen molar-refractivity contribution < 1.29 is 0 Å². The SMILES string of the molecule is Cc1cc(Br)ccc1-n1cc2c(Cl)nc(Cl)nc2n1. The Bertz CT molecular complexity index is 785. The molecule has 96 valence electrons. The highest BCUT2D eigenvalue weighted by Crippen LogP contribution is 2.24. The summed E-state index contributed by atoms with van der Waals surface area (Å²) < 4.78 is 2.75. The lowest BCUT2D eigenvalue weighted by Crippen LogP contribution is -1.97. The fourth-order valence-corrected chi connectivity index (χ4v) is 2.74. The molecule has 0 spiro atoms. The van der Waals surface area contributed by atoms with Gasteiger partial charge in [-0.25, -0.2) is 9.67 Å². The Balaban J connectivity index is 2.23. The van der Waals surface area contributed by atoms with Crippen molar-refractivity contribution in [2.45, 2.75) is 6.92 Å². The van der Waals surface area contributed by atoms with Crippen LogP contribution in [0.15, 0.2) is 28.9 Å². The Morgan fingerprint density at radius 2 is 2.00 bits per heavy atom. The van der Waals surface area contributed by atoms with E-state index < -0.39 is 0 Å². The van der Waals surface area contributed by atoms with Crippen LogP contribution in [-0.2, 0) is 0 Å². The highest BCUT2D eigenvalue weighted by molar-refractivity contribution is 9.10. The molecular weight excluding hydrogens is 351 g/mol. The standard InChI is InChI=1S/C12H7BrCl2N4/c1-6-4-7(13)2-3-9(6)19-5-8-10(14)16-12(15)17-11(8)18-19/h2-5H,1H3. The lowest BCUT2D eigenvalue weighted by Gasteiger charge is -2.05. The normalized spacial score (nSPS) is 11.2. The van der Waals surface area contributed by atoms with Crippen LogP contribution in [0.4, 0.5) is 0 Å². The molecule has 0 saturated carbocycles. The summed E-state index contributed by atoms with van der Waals surface area (Å²) in [5.74, 6) is 0. The summed E-state index contributed by atoms with van der Waals surface area (Å²) in [6.07, 6.45) is 1.80. The van der Waals surface area contributed by atoms with Gasteiger partial charge in [0.05, 0.1) is 11.1 Å². The molecule has 0 fully saturated rings. The first-order chi connectivity index (χ1) is 9.04. The van der Waals surface area contributed by atoms with Gasteiger partial charge in [-0.2, -0.15) is 4.98 Å². The molecule has 0 bridgehead atoms. The van der Waals surface area contributed by atoms with Crippen LogP contribution in [0.5, 0.6) is 0 Å². The van der Waals surface area contributed by atoms with E-state index >= 15 is 0 Å². The van der Waals surface area contributed by atoms with Crippen molar-refractivity contribution in [1.29, 1.82) is 0 Å². The molecule has 3 rings (SSSR count). The molecule has 0 aliphatic heterocycles. The van der Waals surface area contributed by atoms with Gasteiger partial charge in [-0.3, -0.25) is 0 Å². The minimum Gasteiger partial charge on any atom is -0.238 e. The van der Waals surface area contributed by atoms with E-state index in [1.54, 1.807) is 10.9 Å². The van der Waals surface area contributed by atoms with Gasteiger partial charge in [0.15, 0.2) is 5.65 Å². The van der Waals surface area contributed by atoms with Gasteiger partial charge in [0.25, 0.3) is 0 Å². The summed E-state index contributed by atoms with van der Waals surface area (Å²) in [5.41, 5.74) is 2.51. The number of hydrogen-bond donors (Lipinski definition) is 0. The molecule has 0 atom stereocenters. The number of nitrogens with zero attached hydrogens (tertiary/aromatic N) is 4. The van der Waals surface area contributed by atoms with Crippen LogP contribution in [0.25, 0.3) is 16.7 Å². The van der Waals surface area contributed by atoms with E-state index in [0.717, 1.165) is 15.7 Å². The van der Waals surface area contributed by atoms with Crippen LogP contribution in [-0.4, -0.2) is 19.7 Å². The van der Waals surface area contributed by atoms with E-state index in [9.17, 15) is 0 Å². The average Bonchev–Trinajstić information content (AvgIpc) is 2.72.